The first-order chi connectivity index (χ1) is 18.3. The second-order valence-corrected chi connectivity index (χ2v) is 8.33. The fraction of sp³-hybridized carbons (Fsp3) is 0.107. The van der Waals surface area contributed by atoms with E-state index in [2.05, 4.69) is 16.8 Å². The van der Waals surface area contributed by atoms with E-state index in [1.165, 1.54) is 12.1 Å². The molecule has 0 atom stereocenters. The van der Waals surface area contributed by atoms with Gasteiger partial charge in [-0.1, -0.05) is 42.2 Å². The van der Waals surface area contributed by atoms with Crippen LogP contribution in [0.5, 0.6) is 0 Å². The first-order valence-electron chi connectivity index (χ1n) is 11.2. The van der Waals surface area contributed by atoms with Gasteiger partial charge in [0.15, 0.2) is 0 Å². The summed E-state index contributed by atoms with van der Waals surface area (Å²) >= 11 is 0. The van der Waals surface area contributed by atoms with Crippen LogP contribution in [0.15, 0.2) is 72.9 Å². The van der Waals surface area contributed by atoms with Crippen LogP contribution in [-0.4, -0.2) is 16.8 Å². The lowest BCUT2D eigenvalue weighted by Crippen LogP contribution is -2.43. The van der Waals surface area contributed by atoms with Crippen LogP contribution in [0, 0.1) is 18.8 Å². The first kappa shape index (κ1) is 27.2. The van der Waals surface area contributed by atoms with Crippen molar-refractivity contribution < 1.29 is 35.9 Å². The number of rotatable bonds is 2. The molecule has 0 aliphatic rings. The smallest absolute Gasteiger partial charge is 0.267 e. The number of hydrogen-bond acceptors (Lipinski definition) is 3. The van der Waals surface area contributed by atoms with Gasteiger partial charge in [-0.15, -0.1) is 0 Å². The van der Waals surface area contributed by atoms with E-state index < -0.39 is 40.9 Å². The number of fused-ring (bicyclic) bond motifs is 1. The molecule has 198 valence electrons. The van der Waals surface area contributed by atoms with Gasteiger partial charge in [-0.3, -0.25) is 25.4 Å². The summed E-state index contributed by atoms with van der Waals surface area (Å²) in [6.45, 7) is 1.73. The predicted molar refractivity (Wildman–Crippen MR) is 130 cm³/mol. The largest absolute Gasteiger partial charge is 0.417 e. The Hall–Kier alpha value is -4.85. The summed E-state index contributed by atoms with van der Waals surface area (Å²) in [4.78, 5) is 29.4. The summed E-state index contributed by atoms with van der Waals surface area (Å²) in [7, 11) is 0. The van der Waals surface area contributed by atoms with Crippen molar-refractivity contribution in [3.8, 4) is 11.8 Å². The Labute approximate surface area is 217 Å². The summed E-state index contributed by atoms with van der Waals surface area (Å²) in [5, 5.41) is 0.880. The molecule has 1 aromatic heterocycles. The third kappa shape index (κ3) is 6.18. The van der Waals surface area contributed by atoms with Crippen LogP contribution in [0.1, 0.15) is 48.5 Å². The van der Waals surface area contributed by atoms with Gasteiger partial charge < -0.3 is 0 Å². The van der Waals surface area contributed by atoms with E-state index >= 15 is 0 Å². The first-order valence-corrected chi connectivity index (χ1v) is 11.2. The predicted octanol–water partition coefficient (Wildman–Crippen LogP) is 6.06. The highest BCUT2D eigenvalue weighted by Crippen LogP contribution is 2.39. The molecule has 0 fully saturated rings. The number of hydrogen-bond donors (Lipinski definition) is 2. The molecule has 3 aromatic carbocycles. The van der Waals surface area contributed by atoms with E-state index in [-0.39, 0.29) is 5.56 Å². The number of nitrogens with zero attached hydrogens (tertiary/aromatic N) is 1. The molecular formula is C28H17F6N3O2. The number of aromatic nitrogens is 1. The summed E-state index contributed by atoms with van der Waals surface area (Å²) < 4.78 is 80.1. The number of carbonyl (C=O) groups excluding carboxylic acids is 2. The molecule has 4 aromatic rings. The number of hydrazine groups is 1. The molecule has 0 saturated heterocycles. The highest BCUT2D eigenvalue weighted by molar-refractivity contribution is 6.01. The number of aryl methyl sites for hydroxylation is 1. The lowest BCUT2D eigenvalue weighted by Gasteiger charge is -2.18. The number of pyridine rings is 1. The SMILES string of the molecule is Cc1ccc(C(=O)NNC(=O)c2c(C(F)(F)F)cccc2C(F)(F)F)cc1C#Cc1cnc2ccccc2c1. The highest BCUT2D eigenvalue weighted by Gasteiger charge is 2.42. The third-order valence-electron chi connectivity index (χ3n) is 5.62. The van der Waals surface area contributed by atoms with Crippen LogP contribution in [0.3, 0.4) is 0 Å². The van der Waals surface area contributed by atoms with Crippen LogP contribution < -0.4 is 10.9 Å². The molecule has 2 amide bonds. The van der Waals surface area contributed by atoms with Crippen molar-refractivity contribution in [3.63, 3.8) is 0 Å². The van der Waals surface area contributed by atoms with Crippen LogP contribution >= 0.6 is 0 Å². The maximum Gasteiger partial charge on any atom is 0.417 e. The average Bonchev–Trinajstić information content (AvgIpc) is 2.89. The Morgan fingerprint density at radius 2 is 1.41 bits per heavy atom. The lowest BCUT2D eigenvalue weighted by molar-refractivity contribution is -0.143. The Kier molecular flexibility index (Phi) is 7.31. The highest BCUT2D eigenvalue weighted by atomic mass is 19.4. The summed E-state index contributed by atoms with van der Waals surface area (Å²) in [5.41, 5.74) is 0.770. The quantitative estimate of drug-likeness (QED) is 0.184. The minimum atomic E-state index is -5.25. The van der Waals surface area contributed by atoms with Gasteiger partial charge in [0.25, 0.3) is 11.8 Å². The lowest BCUT2D eigenvalue weighted by atomic mass is 9.99. The number of nitrogens with one attached hydrogen (secondary N) is 2. The van der Waals surface area contributed by atoms with E-state index in [1.807, 2.05) is 35.8 Å². The van der Waals surface area contributed by atoms with E-state index in [1.54, 1.807) is 24.6 Å². The molecule has 0 unspecified atom stereocenters. The van der Waals surface area contributed by atoms with Crippen molar-refractivity contribution in [3.05, 3.63) is 112 Å². The molecule has 2 N–H and O–H groups in total. The molecule has 4 rings (SSSR count). The number of benzene rings is 3. The topological polar surface area (TPSA) is 71.1 Å². The van der Waals surface area contributed by atoms with Crippen molar-refractivity contribution in [2.24, 2.45) is 0 Å². The van der Waals surface area contributed by atoms with Gasteiger partial charge in [0.05, 0.1) is 22.2 Å². The zero-order valence-corrected chi connectivity index (χ0v) is 20.0. The van der Waals surface area contributed by atoms with Crippen molar-refractivity contribution in [1.29, 1.82) is 0 Å². The Morgan fingerprint density at radius 3 is 2.08 bits per heavy atom. The molecule has 0 aliphatic heterocycles. The van der Waals surface area contributed by atoms with E-state index in [4.69, 9.17) is 0 Å². The molecule has 0 radical (unpaired) electrons. The monoisotopic (exact) mass is 541 g/mol. The minimum Gasteiger partial charge on any atom is -0.267 e. The van der Waals surface area contributed by atoms with Crippen molar-refractivity contribution in [1.82, 2.24) is 15.8 Å². The van der Waals surface area contributed by atoms with Crippen molar-refractivity contribution >= 4 is 22.7 Å². The number of carbonyl (C=O) groups is 2. The number of para-hydroxylation sites is 1. The number of amides is 2. The maximum absolute atomic E-state index is 13.3. The summed E-state index contributed by atoms with van der Waals surface area (Å²) in [6, 6.07) is 14.8. The van der Waals surface area contributed by atoms with E-state index in [9.17, 15) is 35.9 Å². The van der Waals surface area contributed by atoms with Gasteiger partial charge in [0.1, 0.15) is 0 Å². The Balaban J connectivity index is 1.55. The van der Waals surface area contributed by atoms with Crippen molar-refractivity contribution in [2.45, 2.75) is 19.3 Å². The minimum absolute atomic E-state index is 0.0398. The molecule has 0 bridgehead atoms. The maximum atomic E-state index is 13.3. The summed E-state index contributed by atoms with van der Waals surface area (Å²) in [6.07, 6.45) is -8.91. The van der Waals surface area contributed by atoms with Gasteiger partial charge in [-0.25, -0.2) is 0 Å². The second kappa shape index (κ2) is 10.5. The summed E-state index contributed by atoms with van der Waals surface area (Å²) in [5.74, 6) is 3.11. The van der Waals surface area contributed by atoms with Gasteiger partial charge in [-0.2, -0.15) is 26.3 Å². The molecule has 0 saturated carbocycles. The van der Waals surface area contributed by atoms with E-state index in [0.29, 0.717) is 34.9 Å². The molecule has 0 spiro atoms. The van der Waals surface area contributed by atoms with Gasteiger partial charge >= 0.3 is 12.4 Å². The van der Waals surface area contributed by atoms with Crippen LogP contribution in [0.2, 0.25) is 0 Å². The Morgan fingerprint density at radius 1 is 0.769 bits per heavy atom. The molecular weight excluding hydrogens is 524 g/mol. The third-order valence-corrected chi connectivity index (χ3v) is 5.62. The van der Waals surface area contributed by atoms with Crippen molar-refractivity contribution in [2.75, 3.05) is 0 Å². The zero-order valence-electron chi connectivity index (χ0n) is 20.0. The molecule has 11 heteroatoms. The molecule has 39 heavy (non-hydrogen) atoms. The second-order valence-electron chi connectivity index (χ2n) is 8.33. The molecule has 5 nitrogen and oxygen atoms in total. The van der Waals surface area contributed by atoms with E-state index in [0.717, 1.165) is 10.9 Å². The fourth-order valence-corrected chi connectivity index (χ4v) is 3.69. The molecule has 0 aliphatic carbocycles. The van der Waals surface area contributed by atoms with Crippen LogP contribution in [-0.2, 0) is 12.4 Å². The van der Waals surface area contributed by atoms with Gasteiger partial charge in [0.2, 0.25) is 0 Å². The average molecular weight is 541 g/mol. The van der Waals surface area contributed by atoms with Gasteiger partial charge in [0, 0.05) is 28.3 Å². The molecule has 1 heterocycles. The number of alkyl halides is 6. The normalized spacial score (nSPS) is 11.5. The van der Waals surface area contributed by atoms with Crippen LogP contribution in [0.25, 0.3) is 10.9 Å². The van der Waals surface area contributed by atoms with Gasteiger partial charge in [-0.05, 0) is 48.9 Å². The Bertz CT molecular complexity index is 1620. The standard InChI is InChI=1S/C28H17F6N3O2/c1-16-9-11-20(14-18(16)12-10-17-13-19-5-2-3-8-23(19)35-15-17)25(38)36-37-26(39)24-21(27(29,30)31)6-4-7-22(24)28(32,33)34/h2-9,11,13-15H,1H3,(H,36,38)(H,37,39). The zero-order chi connectivity index (χ0) is 28.4. The van der Waals surface area contributed by atoms with Crippen LogP contribution in [0.4, 0.5) is 26.3 Å². The number of halogens is 6. The fourth-order valence-electron chi connectivity index (χ4n) is 3.69.